The molecule has 5 heteroatoms. The van der Waals surface area contributed by atoms with Crippen molar-refractivity contribution in [2.24, 2.45) is 0 Å². The number of ether oxygens (including phenoxy) is 1. The van der Waals surface area contributed by atoms with Crippen LogP contribution in [0, 0.1) is 6.92 Å². The van der Waals surface area contributed by atoms with Crippen LogP contribution in [0.15, 0.2) is 23.1 Å². The molecule has 0 aliphatic carbocycles. The summed E-state index contributed by atoms with van der Waals surface area (Å²) in [6, 6.07) is 5.02. The van der Waals surface area contributed by atoms with Gasteiger partial charge in [-0.25, -0.2) is 4.79 Å². The molecule has 0 heterocycles. The molecule has 0 radical (unpaired) electrons. The number of hydrogen-bond acceptors (Lipinski definition) is 4. The molecule has 0 aliphatic heterocycles. The van der Waals surface area contributed by atoms with Crippen LogP contribution >= 0.6 is 11.8 Å². The quantitative estimate of drug-likeness (QED) is 0.669. The molecule has 0 aliphatic rings. The highest BCUT2D eigenvalue weighted by Crippen LogP contribution is 2.19. The molecule has 1 atom stereocenters. The number of nitrogens with one attached hydrogen (secondary N) is 1. The molecule has 0 aromatic heterocycles. The van der Waals surface area contributed by atoms with Gasteiger partial charge in [0.15, 0.2) is 0 Å². The maximum absolute atomic E-state index is 12.0. The van der Waals surface area contributed by atoms with E-state index in [-0.39, 0.29) is 5.91 Å². The van der Waals surface area contributed by atoms with E-state index in [4.69, 9.17) is 0 Å². The number of amides is 1. The van der Waals surface area contributed by atoms with Crippen LogP contribution in [0.3, 0.4) is 0 Å². The fourth-order valence-electron chi connectivity index (χ4n) is 1.48. The van der Waals surface area contributed by atoms with Crippen LogP contribution in [-0.4, -0.2) is 31.3 Å². The van der Waals surface area contributed by atoms with Crippen LogP contribution in [0.5, 0.6) is 0 Å². The van der Waals surface area contributed by atoms with Crippen molar-refractivity contribution in [3.05, 3.63) is 29.3 Å². The molecule has 0 spiro atoms. The Morgan fingerprint density at radius 2 is 2.06 bits per heavy atom. The first-order valence-electron chi connectivity index (χ1n) is 5.53. The molecule has 0 saturated heterocycles. The molecule has 1 N–H and O–H groups in total. The average Bonchev–Trinajstić information content (AvgIpc) is 2.38. The van der Waals surface area contributed by atoms with Crippen molar-refractivity contribution in [2.45, 2.75) is 24.8 Å². The largest absolute Gasteiger partial charge is 0.467 e. The molecule has 1 aromatic carbocycles. The van der Waals surface area contributed by atoms with Crippen LogP contribution in [0.1, 0.15) is 22.8 Å². The van der Waals surface area contributed by atoms with E-state index in [1.54, 1.807) is 18.7 Å². The fourth-order valence-corrected chi connectivity index (χ4v) is 1.92. The minimum Gasteiger partial charge on any atom is -0.467 e. The normalized spacial score (nSPS) is 11.8. The minimum atomic E-state index is -0.653. The SMILES string of the molecule is COC(=O)[C@H](C)NC(=O)c1cc(SC)ccc1C. The molecular weight excluding hydrogens is 250 g/mol. The number of carbonyl (C=O) groups excluding carboxylic acids is 2. The number of methoxy groups -OCH3 is 1. The number of thioether (sulfide) groups is 1. The lowest BCUT2D eigenvalue weighted by atomic mass is 10.1. The second-order valence-corrected chi connectivity index (χ2v) is 4.78. The van der Waals surface area contributed by atoms with E-state index in [1.807, 2.05) is 31.4 Å². The van der Waals surface area contributed by atoms with Gasteiger partial charge in [0, 0.05) is 10.5 Å². The third kappa shape index (κ3) is 3.50. The fraction of sp³-hybridized carbons (Fsp3) is 0.385. The summed E-state index contributed by atoms with van der Waals surface area (Å²) in [6.45, 7) is 3.46. The summed E-state index contributed by atoms with van der Waals surface area (Å²) in [6.07, 6.45) is 1.95. The van der Waals surface area contributed by atoms with E-state index in [2.05, 4.69) is 10.1 Å². The van der Waals surface area contributed by atoms with Crippen LogP contribution in [-0.2, 0) is 9.53 Å². The van der Waals surface area contributed by atoms with Gasteiger partial charge in [-0.05, 0) is 37.8 Å². The smallest absolute Gasteiger partial charge is 0.328 e. The lowest BCUT2D eigenvalue weighted by Crippen LogP contribution is -2.39. The summed E-state index contributed by atoms with van der Waals surface area (Å²) in [5.41, 5.74) is 1.46. The first kappa shape index (κ1) is 14.6. The summed E-state index contributed by atoms with van der Waals surface area (Å²) in [5.74, 6) is -0.719. The number of esters is 1. The number of aryl methyl sites for hydroxylation is 1. The van der Waals surface area contributed by atoms with Crippen LogP contribution in [0.2, 0.25) is 0 Å². The lowest BCUT2D eigenvalue weighted by Gasteiger charge is -2.13. The molecule has 0 bridgehead atoms. The Balaban J connectivity index is 2.87. The molecule has 0 saturated carbocycles. The standard InChI is InChI=1S/C13H17NO3S/c1-8-5-6-10(18-4)7-11(8)12(15)14-9(2)13(16)17-3/h5-7,9H,1-4H3,(H,14,15)/t9-/m0/s1. The van der Waals surface area contributed by atoms with Crippen molar-refractivity contribution in [1.29, 1.82) is 0 Å². The van der Waals surface area contributed by atoms with Gasteiger partial charge in [0.25, 0.3) is 5.91 Å². The van der Waals surface area contributed by atoms with Gasteiger partial charge in [-0.1, -0.05) is 6.07 Å². The first-order chi connectivity index (χ1) is 8.49. The Morgan fingerprint density at radius 1 is 1.39 bits per heavy atom. The van der Waals surface area contributed by atoms with Gasteiger partial charge in [-0.3, -0.25) is 4.79 Å². The van der Waals surface area contributed by atoms with Crippen molar-refractivity contribution in [1.82, 2.24) is 5.32 Å². The molecule has 98 valence electrons. The average molecular weight is 267 g/mol. The summed E-state index contributed by atoms with van der Waals surface area (Å²) in [5, 5.41) is 2.62. The zero-order valence-corrected chi connectivity index (χ0v) is 11.8. The highest BCUT2D eigenvalue weighted by Gasteiger charge is 2.18. The van der Waals surface area contributed by atoms with E-state index in [0.717, 1.165) is 10.5 Å². The van der Waals surface area contributed by atoms with Crippen molar-refractivity contribution in [3.63, 3.8) is 0 Å². The molecule has 0 fully saturated rings. The van der Waals surface area contributed by atoms with E-state index < -0.39 is 12.0 Å². The highest BCUT2D eigenvalue weighted by atomic mass is 32.2. The topological polar surface area (TPSA) is 55.4 Å². The lowest BCUT2D eigenvalue weighted by molar-refractivity contribution is -0.142. The summed E-state index contributed by atoms with van der Waals surface area (Å²) in [7, 11) is 1.30. The molecule has 18 heavy (non-hydrogen) atoms. The van der Waals surface area contributed by atoms with E-state index in [9.17, 15) is 9.59 Å². The van der Waals surface area contributed by atoms with Crippen LogP contribution < -0.4 is 5.32 Å². The Bertz CT molecular complexity index is 460. The summed E-state index contributed by atoms with van der Waals surface area (Å²) in [4.78, 5) is 24.3. The number of rotatable bonds is 4. The second kappa shape index (κ2) is 6.44. The second-order valence-electron chi connectivity index (χ2n) is 3.90. The van der Waals surface area contributed by atoms with Crippen LogP contribution in [0.25, 0.3) is 0 Å². The monoisotopic (exact) mass is 267 g/mol. The third-order valence-electron chi connectivity index (χ3n) is 2.59. The molecule has 1 rings (SSSR count). The van der Waals surface area contributed by atoms with Crippen molar-refractivity contribution >= 4 is 23.6 Å². The maximum atomic E-state index is 12.0. The number of benzene rings is 1. The predicted octanol–water partition coefficient (Wildman–Crippen LogP) is 2.01. The maximum Gasteiger partial charge on any atom is 0.328 e. The van der Waals surface area contributed by atoms with Gasteiger partial charge < -0.3 is 10.1 Å². The first-order valence-corrected chi connectivity index (χ1v) is 6.75. The molecular formula is C13H17NO3S. The Morgan fingerprint density at radius 3 is 2.61 bits per heavy atom. The van der Waals surface area contributed by atoms with Gasteiger partial charge in [-0.15, -0.1) is 11.8 Å². The van der Waals surface area contributed by atoms with Crippen molar-refractivity contribution < 1.29 is 14.3 Å². The highest BCUT2D eigenvalue weighted by molar-refractivity contribution is 7.98. The summed E-state index contributed by atoms with van der Waals surface area (Å²) < 4.78 is 4.57. The number of hydrogen-bond donors (Lipinski definition) is 1. The van der Waals surface area contributed by atoms with E-state index >= 15 is 0 Å². The zero-order chi connectivity index (χ0) is 13.7. The molecule has 1 aromatic rings. The van der Waals surface area contributed by atoms with Gasteiger partial charge in [-0.2, -0.15) is 0 Å². The van der Waals surface area contributed by atoms with Gasteiger partial charge in [0.05, 0.1) is 7.11 Å². The zero-order valence-electron chi connectivity index (χ0n) is 10.9. The minimum absolute atomic E-state index is 0.263. The van der Waals surface area contributed by atoms with Gasteiger partial charge in [0.1, 0.15) is 6.04 Å². The Hall–Kier alpha value is -1.49. The number of carbonyl (C=O) groups is 2. The summed E-state index contributed by atoms with van der Waals surface area (Å²) >= 11 is 1.57. The third-order valence-corrected chi connectivity index (χ3v) is 3.32. The Labute approximate surface area is 111 Å². The molecule has 0 unspecified atom stereocenters. The van der Waals surface area contributed by atoms with Gasteiger partial charge in [0.2, 0.25) is 0 Å². The molecule has 1 amide bonds. The van der Waals surface area contributed by atoms with Crippen molar-refractivity contribution in [3.8, 4) is 0 Å². The van der Waals surface area contributed by atoms with Crippen molar-refractivity contribution in [2.75, 3.05) is 13.4 Å². The van der Waals surface area contributed by atoms with Gasteiger partial charge >= 0.3 is 5.97 Å². The predicted molar refractivity (Wildman–Crippen MR) is 71.9 cm³/mol. The van der Waals surface area contributed by atoms with E-state index in [0.29, 0.717) is 5.56 Å². The Kier molecular flexibility index (Phi) is 5.22. The molecule has 4 nitrogen and oxygen atoms in total. The van der Waals surface area contributed by atoms with Crippen LogP contribution in [0.4, 0.5) is 0 Å². The van der Waals surface area contributed by atoms with E-state index in [1.165, 1.54) is 7.11 Å².